The second kappa shape index (κ2) is 11.5. The van der Waals surface area contributed by atoms with E-state index in [4.69, 9.17) is 11.6 Å². The molecule has 34 heavy (non-hydrogen) atoms. The average molecular weight is 501 g/mol. The fourth-order valence-electron chi connectivity index (χ4n) is 3.42. The Hall–Kier alpha value is -2.85. The van der Waals surface area contributed by atoms with Crippen LogP contribution in [0.4, 0.5) is 27.6 Å². The van der Waals surface area contributed by atoms with Crippen LogP contribution in [0.5, 0.6) is 0 Å². The van der Waals surface area contributed by atoms with Gasteiger partial charge in [-0.3, -0.25) is 4.79 Å². The third-order valence-corrected chi connectivity index (χ3v) is 5.61. The Morgan fingerprint density at radius 2 is 1.94 bits per heavy atom. The smallest absolute Gasteiger partial charge is 0.278 e. The van der Waals surface area contributed by atoms with E-state index in [-0.39, 0.29) is 35.0 Å². The number of alkyl halides is 3. The number of halogens is 6. The van der Waals surface area contributed by atoms with E-state index in [1.165, 1.54) is 24.3 Å². The molecule has 0 N–H and O–H groups in total. The van der Waals surface area contributed by atoms with Crippen molar-refractivity contribution < 1.29 is 26.7 Å². The van der Waals surface area contributed by atoms with E-state index >= 15 is 0 Å². The Kier molecular flexibility index (Phi) is 8.73. The van der Waals surface area contributed by atoms with Crippen LogP contribution in [-0.2, 0) is 11.3 Å². The molecule has 2 aliphatic heterocycles. The van der Waals surface area contributed by atoms with Crippen molar-refractivity contribution in [2.75, 3.05) is 25.0 Å². The monoisotopic (exact) mass is 500 g/mol. The number of carbonyl (C=O) groups excluding carboxylic acids is 1. The molecule has 0 aromatic heterocycles. The molecular weight excluding hydrogens is 479 g/mol. The van der Waals surface area contributed by atoms with Gasteiger partial charge in [0, 0.05) is 36.3 Å². The summed E-state index contributed by atoms with van der Waals surface area (Å²) in [5.74, 6) is -1.27. The number of rotatable bonds is 6. The van der Waals surface area contributed by atoms with Crippen molar-refractivity contribution in [3.05, 3.63) is 64.2 Å². The number of amides is 1. The lowest BCUT2D eigenvalue weighted by atomic mass is 10.0. The average Bonchev–Trinajstić information content (AvgIpc) is 3.44. The Bertz CT molecular complexity index is 1090. The van der Waals surface area contributed by atoms with E-state index in [1.54, 1.807) is 0 Å². The van der Waals surface area contributed by atoms with Crippen LogP contribution in [0.1, 0.15) is 24.0 Å². The van der Waals surface area contributed by atoms with Crippen LogP contribution in [0.2, 0.25) is 5.02 Å². The van der Waals surface area contributed by atoms with Crippen molar-refractivity contribution in [1.29, 1.82) is 0 Å². The summed E-state index contributed by atoms with van der Waals surface area (Å²) in [7, 11) is 1.94. The topological polar surface area (TPSA) is 48.3 Å². The summed E-state index contributed by atoms with van der Waals surface area (Å²) < 4.78 is 65.1. The lowest BCUT2D eigenvalue weighted by Gasteiger charge is -2.18. The van der Waals surface area contributed by atoms with Crippen molar-refractivity contribution in [2.45, 2.75) is 32.0 Å². The SMILES string of the molecule is CN1CCC(F)C1.O=CN(Cc1ccc(C2=NN=C(C(F)F)C2)cc1F)c1ccc(F)c(Cl)c1. The number of anilines is 1. The minimum absolute atomic E-state index is 0.122. The Morgan fingerprint density at radius 1 is 1.18 bits per heavy atom. The van der Waals surface area contributed by atoms with Gasteiger partial charge in [-0.2, -0.15) is 10.2 Å². The van der Waals surface area contributed by atoms with Gasteiger partial charge in [0.2, 0.25) is 6.41 Å². The highest BCUT2D eigenvalue weighted by Gasteiger charge is 2.22. The quantitative estimate of drug-likeness (QED) is 0.401. The molecule has 2 aliphatic rings. The standard InChI is InChI=1S/C18H12ClF4N3O.C5H10FN/c19-13-6-12(3-4-14(13)20)26(9-27)8-11-2-1-10(5-15(11)21)16-7-17(18(22)23)25-24-16;1-7-3-2-5(6)4-7/h1-6,9,18H,7-8H2;5H,2-4H2,1H3. The Morgan fingerprint density at radius 3 is 2.44 bits per heavy atom. The predicted molar refractivity (Wildman–Crippen MR) is 122 cm³/mol. The van der Waals surface area contributed by atoms with E-state index in [9.17, 15) is 26.7 Å². The van der Waals surface area contributed by atoms with Crippen LogP contribution in [0.15, 0.2) is 46.6 Å². The molecule has 1 fully saturated rings. The van der Waals surface area contributed by atoms with Gasteiger partial charge in [0.1, 0.15) is 23.5 Å². The maximum atomic E-state index is 14.4. The zero-order chi connectivity index (χ0) is 24.8. The van der Waals surface area contributed by atoms with Gasteiger partial charge >= 0.3 is 0 Å². The van der Waals surface area contributed by atoms with Crippen LogP contribution < -0.4 is 4.90 Å². The van der Waals surface area contributed by atoms with Crippen LogP contribution >= 0.6 is 11.6 Å². The molecule has 0 spiro atoms. The first kappa shape index (κ1) is 25.8. The van der Waals surface area contributed by atoms with Crippen LogP contribution in [0.25, 0.3) is 0 Å². The van der Waals surface area contributed by atoms with Gasteiger partial charge in [0.05, 0.1) is 17.3 Å². The molecule has 2 aromatic rings. The largest absolute Gasteiger partial charge is 0.310 e. The van der Waals surface area contributed by atoms with Gasteiger partial charge in [-0.25, -0.2) is 22.0 Å². The van der Waals surface area contributed by atoms with Gasteiger partial charge in [0.15, 0.2) is 0 Å². The number of benzene rings is 2. The van der Waals surface area contributed by atoms with Gasteiger partial charge in [-0.1, -0.05) is 23.7 Å². The fraction of sp³-hybridized carbons (Fsp3) is 0.348. The molecular formula is C23H22ClF5N4O. The molecule has 1 saturated heterocycles. The van der Waals surface area contributed by atoms with Crippen LogP contribution in [0.3, 0.4) is 0 Å². The molecule has 0 bridgehead atoms. The lowest BCUT2D eigenvalue weighted by Crippen LogP contribution is -2.21. The minimum Gasteiger partial charge on any atom is -0.310 e. The van der Waals surface area contributed by atoms with Crippen LogP contribution in [0, 0.1) is 11.6 Å². The van der Waals surface area contributed by atoms with Crippen molar-refractivity contribution in [2.24, 2.45) is 10.2 Å². The summed E-state index contributed by atoms with van der Waals surface area (Å²) in [5.41, 5.74) is 0.691. The predicted octanol–water partition coefficient (Wildman–Crippen LogP) is 5.26. The highest BCUT2D eigenvalue weighted by atomic mass is 35.5. The first-order valence-electron chi connectivity index (χ1n) is 10.4. The maximum absolute atomic E-state index is 14.4. The molecule has 5 nitrogen and oxygen atoms in total. The minimum atomic E-state index is -2.71. The zero-order valence-electron chi connectivity index (χ0n) is 18.2. The molecule has 0 saturated carbocycles. The molecule has 1 atom stereocenters. The van der Waals surface area contributed by atoms with Gasteiger partial charge < -0.3 is 9.80 Å². The van der Waals surface area contributed by atoms with Gasteiger partial charge in [-0.15, -0.1) is 0 Å². The summed E-state index contributed by atoms with van der Waals surface area (Å²) in [5, 5.41) is 6.90. The molecule has 0 radical (unpaired) electrons. The van der Waals surface area contributed by atoms with Crippen molar-refractivity contribution in [1.82, 2.24) is 4.90 Å². The van der Waals surface area contributed by atoms with Gasteiger partial charge in [0.25, 0.3) is 6.43 Å². The van der Waals surface area contributed by atoms with Gasteiger partial charge in [-0.05, 0) is 37.7 Å². The van der Waals surface area contributed by atoms with E-state index in [0.29, 0.717) is 24.2 Å². The normalized spacial score (nSPS) is 17.8. The van der Waals surface area contributed by atoms with E-state index < -0.39 is 24.2 Å². The third kappa shape index (κ3) is 6.60. The Labute approximate surface area is 198 Å². The summed E-state index contributed by atoms with van der Waals surface area (Å²) in [6.45, 7) is 1.45. The fourth-order valence-corrected chi connectivity index (χ4v) is 3.60. The van der Waals surface area contributed by atoms with E-state index in [1.807, 2.05) is 11.9 Å². The molecule has 2 heterocycles. The molecule has 182 valence electrons. The van der Waals surface area contributed by atoms with Crippen molar-refractivity contribution >= 4 is 35.1 Å². The summed E-state index contributed by atoms with van der Waals surface area (Å²) >= 11 is 5.71. The number of hydrogen-bond donors (Lipinski definition) is 0. The first-order valence-corrected chi connectivity index (χ1v) is 10.8. The molecule has 2 aromatic carbocycles. The zero-order valence-corrected chi connectivity index (χ0v) is 19.0. The lowest BCUT2D eigenvalue weighted by molar-refractivity contribution is -0.107. The molecule has 4 rings (SSSR count). The highest BCUT2D eigenvalue weighted by Crippen LogP contribution is 2.25. The Balaban J connectivity index is 0.000000396. The van der Waals surface area contributed by atoms with E-state index in [2.05, 4.69) is 10.2 Å². The number of likely N-dealkylation sites (tertiary alicyclic amines) is 1. The second-order valence-electron chi connectivity index (χ2n) is 7.90. The first-order chi connectivity index (χ1) is 16.2. The highest BCUT2D eigenvalue weighted by molar-refractivity contribution is 6.31. The summed E-state index contributed by atoms with van der Waals surface area (Å²) in [4.78, 5) is 14.5. The molecule has 1 unspecified atom stereocenters. The number of carbonyl (C=O) groups is 1. The molecule has 1 amide bonds. The second-order valence-corrected chi connectivity index (χ2v) is 8.31. The molecule has 11 heteroatoms. The maximum Gasteiger partial charge on any atom is 0.278 e. The summed E-state index contributed by atoms with van der Waals surface area (Å²) in [6.07, 6.45) is -2.20. The number of hydrogen-bond acceptors (Lipinski definition) is 4. The third-order valence-electron chi connectivity index (χ3n) is 5.32. The van der Waals surface area contributed by atoms with Crippen molar-refractivity contribution in [3.8, 4) is 0 Å². The summed E-state index contributed by atoms with van der Waals surface area (Å²) in [6, 6.07) is 7.80. The van der Waals surface area contributed by atoms with Crippen molar-refractivity contribution in [3.63, 3.8) is 0 Å². The molecule has 0 aliphatic carbocycles. The van der Waals surface area contributed by atoms with E-state index in [0.717, 1.165) is 30.0 Å². The number of nitrogens with zero attached hydrogens (tertiary/aromatic N) is 4. The van der Waals surface area contributed by atoms with Crippen LogP contribution in [-0.4, -0.2) is 55.5 Å².